The van der Waals surface area contributed by atoms with E-state index in [0.717, 1.165) is 0 Å². The number of methoxy groups -OCH3 is 1. The molecule has 0 fully saturated rings. The van der Waals surface area contributed by atoms with E-state index < -0.39 is 0 Å². The number of halogens is 1. The Bertz CT molecular complexity index is 510. The van der Waals surface area contributed by atoms with Gasteiger partial charge in [0.25, 0.3) is 0 Å². The molecule has 2 aromatic heterocycles. The first kappa shape index (κ1) is 11.0. The minimum absolute atomic E-state index is 0.188. The van der Waals surface area contributed by atoms with E-state index in [4.69, 9.17) is 16.3 Å². The summed E-state index contributed by atoms with van der Waals surface area (Å²) in [5.74, 6) is 0.188. The standard InChI is InChI=1S/C10H7ClN2O2S/c1-15-9-5-2-6(12-13-9)10(14)7-3-4-8(11)16-7/h2-5H,1H3. The van der Waals surface area contributed by atoms with Crippen LogP contribution in [0.5, 0.6) is 5.88 Å². The lowest BCUT2D eigenvalue weighted by molar-refractivity contribution is 0.103. The molecule has 0 aliphatic heterocycles. The Kier molecular flexibility index (Phi) is 3.17. The second kappa shape index (κ2) is 4.59. The van der Waals surface area contributed by atoms with Gasteiger partial charge >= 0.3 is 0 Å². The monoisotopic (exact) mass is 254 g/mol. The highest BCUT2D eigenvalue weighted by molar-refractivity contribution is 7.18. The first-order valence-electron chi connectivity index (χ1n) is 4.38. The van der Waals surface area contributed by atoms with Crippen molar-refractivity contribution >= 4 is 28.7 Å². The van der Waals surface area contributed by atoms with Crippen LogP contribution in [0.15, 0.2) is 24.3 Å². The Labute approximate surface area is 101 Å². The molecule has 0 radical (unpaired) electrons. The third-order valence-corrected chi connectivity index (χ3v) is 3.11. The number of carbonyl (C=O) groups is 1. The summed E-state index contributed by atoms with van der Waals surface area (Å²) < 4.78 is 5.43. The lowest BCUT2D eigenvalue weighted by atomic mass is 10.2. The fourth-order valence-corrected chi connectivity index (χ4v) is 2.10. The third-order valence-electron chi connectivity index (χ3n) is 1.88. The van der Waals surface area contributed by atoms with Crippen LogP contribution in [0, 0.1) is 0 Å². The molecule has 0 bridgehead atoms. The second-order valence-corrected chi connectivity index (χ2v) is 4.61. The van der Waals surface area contributed by atoms with Crippen molar-refractivity contribution in [2.75, 3.05) is 7.11 Å². The molecule has 0 saturated carbocycles. The minimum atomic E-state index is -0.188. The molecule has 2 rings (SSSR count). The fraction of sp³-hybridized carbons (Fsp3) is 0.100. The van der Waals surface area contributed by atoms with Crippen LogP contribution in [0.25, 0.3) is 0 Å². The van der Waals surface area contributed by atoms with Gasteiger partial charge in [-0.25, -0.2) is 0 Å². The summed E-state index contributed by atoms with van der Waals surface area (Å²) in [5.41, 5.74) is 0.277. The van der Waals surface area contributed by atoms with E-state index in [1.165, 1.54) is 18.4 Å². The molecule has 0 saturated heterocycles. The maximum Gasteiger partial charge on any atom is 0.233 e. The largest absolute Gasteiger partial charge is 0.480 e. The van der Waals surface area contributed by atoms with E-state index in [1.54, 1.807) is 24.3 Å². The summed E-state index contributed by atoms with van der Waals surface area (Å²) in [6.07, 6.45) is 0. The van der Waals surface area contributed by atoms with Crippen molar-refractivity contribution in [2.45, 2.75) is 0 Å². The maximum absolute atomic E-state index is 11.9. The van der Waals surface area contributed by atoms with E-state index in [0.29, 0.717) is 15.1 Å². The van der Waals surface area contributed by atoms with Gasteiger partial charge in [-0.05, 0) is 18.2 Å². The molecule has 2 aromatic rings. The number of ether oxygens (including phenoxy) is 1. The van der Waals surface area contributed by atoms with Gasteiger partial charge in [-0.3, -0.25) is 4.79 Å². The molecule has 16 heavy (non-hydrogen) atoms. The first-order valence-corrected chi connectivity index (χ1v) is 5.58. The first-order chi connectivity index (χ1) is 7.70. The van der Waals surface area contributed by atoms with Crippen LogP contribution in [0.1, 0.15) is 15.4 Å². The zero-order chi connectivity index (χ0) is 11.5. The van der Waals surface area contributed by atoms with Gasteiger partial charge in [0.2, 0.25) is 11.7 Å². The normalized spacial score (nSPS) is 10.1. The van der Waals surface area contributed by atoms with Crippen LogP contribution in [0.3, 0.4) is 0 Å². The third kappa shape index (κ3) is 2.20. The highest BCUT2D eigenvalue weighted by Crippen LogP contribution is 2.23. The molecule has 2 heterocycles. The molecule has 0 unspecified atom stereocenters. The van der Waals surface area contributed by atoms with Gasteiger partial charge in [-0.2, -0.15) is 0 Å². The Balaban J connectivity index is 2.27. The maximum atomic E-state index is 11.9. The number of nitrogens with zero attached hydrogens (tertiary/aromatic N) is 2. The summed E-state index contributed by atoms with van der Waals surface area (Å²) in [4.78, 5) is 12.4. The zero-order valence-electron chi connectivity index (χ0n) is 8.31. The predicted molar refractivity (Wildman–Crippen MR) is 61.3 cm³/mol. The molecule has 4 nitrogen and oxygen atoms in total. The molecule has 0 spiro atoms. The number of carbonyl (C=O) groups excluding carboxylic acids is 1. The van der Waals surface area contributed by atoms with E-state index in [1.807, 2.05) is 0 Å². The van der Waals surface area contributed by atoms with Gasteiger partial charge in [0.05, 0.1) is 16.3 Å². The van der Waals surface area contributed by atoms with E-state index in [9.17, 15) is 4.79 Å². The van der Waals surface area contributed by atoms with Gasteiger partial charge in [-0.15, -0.1) is 21.5 Å². The SMILES string of the molecule is COc1ccc(C(=O)c2ccc(Cl)s2)nn1. The van der Waals surface area contributed by atoms with Crippen molar-refractivity contribution in [1.29, 1.82) is 0 Å². The van der Waals surface area contributed by atoms with Crippen molar-refractivity contribution in [1.82, 2.24) is 10.2 Å². The van der Waals surface area contributed by atoms with Gasteiger partial charge in [0.15, 0.2) is 0 Å². The molecular weight excluding hydrogens is 248 g/mol. The van der Waals surface area contributed by atoms with Gasteiger partial charge in [-0.1, -0.05) is 11.6 Å². The van der Waals surface area contributed by atoms with Crippen molar-refractivity contribution < 1.29 is 9.53 Å². The topological polar surface area (TPSA) is 52.1 Å². The average molecular weight is 255 g/mol. The summed E-state index contributed by atoms with van der Waals surface area (Å²) in [6.45, 7) is 0. The van der Waals surface area contributed by atoms with Crippen LogP contribution in [0.2, 0.25) is 4.34 Å². The summed E-state index contributed by atoms with van der Waals surface area (Å²) in [7, 11) is 1.49. The number of aromatic nitrogens is 2. The highest BCUT2D eigenvalue weighted by atomic mass is 35.5. The molecule has 0 amide bonds. The summed E-state index contributed by atoms with van der Waals surface area (Å²) >= 11 is 6.97. The molecule has 0 aliphatic carbocycles. The predicted octanol–water partition coefficient (Wildman–Crippen LogP) is 2.43. The van der Waals surface area contributed by atoms with Crippen LogP contribution in [-0.4, -0.2) is 23.1 Å². The number of ketones is 1. The minimum Gasteiger partial charge on any atom is -0.480 e. The lowest BCUT2D eigenvalue weighted by Gasteiger charge is -1.98. The second-order valence-electron chi connectivity index (χ2n) is 2.89. The van der Waals surface area contributed by atoms with Crippen molar-refractivity contribution in [3.63, 3.8) is 0 Å². The number of thiophene rings is 1. The summed E-state index contributed by atoms with van der Waals surface area (Å²) in [6, 6.07) is 6.51. The highest BCUT2D eigenvalue weighted by Gasteiger charge is 2.13. The summed E-state index contributed by atoms with van der Waals surface area (Å²) in [5, 5.41) is 7.50. The van der Waals surface area contributed by atoms with Crippen LogP contribution in [-0.2, 0) is 0 Å². The quantitative estimate of drug-likeness (QED) is 0.790. The zero-order valence-corrected chi connectivity index (χ0v) is 9.88. The fourth-order valence-electron chi connectivity index (χ4n) is 1.11. The van der Waals surface area contributed by atoms with Gasteiger partial charge < -0.3 is 4.74 Å². The van der Waals surface area contributed by atoms with Crippen molar-refractivity contribution in [2.24, 2.45) is 0 Å². The van der Waals surface area contributed by atoms with Crippen molar-refractivity contribution in [3.8, 4) is 5.88 Å². The van der Waals surface area contributed by atoms with Gasteiger partial charge in [0, 0.05) is 6.07 Å². The lowest BCUT2D eigenvalue weighted by Crippen LogP contribution is -2.03. The Morgan fingerprint density at radius 3 is 2.62 bits per heavy atom. The molecule has 0 atom stereocenters. The van der Waals surface area contributed by atoms with Crippen LogP contribution >= 0.6 is 22.9 Å². The van der Waals surface area contributed by atoms with E-state index in [2.05, 4.69) is 10.2 Å². The van der Waals surface area contributed by atoms with Crippen LogP contribution < -0.4 is 4.74 Å². The molecular formula is C10H7ClN2O2S. The molecule has 82 valence electrons. The smallest absolute Gasteiger partial charge is 0.233 e. The number of hydrogen-bond acceptors (Lipinski definition) is 5. The molecule has 0 aromatic carbocycles. The average Bonchev–Trinajstić information content (AvgIpc) is 2.75. The van der Waals surface area contributed by atoms with Crippen LogP contribution in [0.4, 0.5) is 0 Å². The van der Waals surface area contributed by atoms with Gasteiger partial charge in [0.1, 0.15) is 5.69 Å². The Hall–Kier alpha value is -1.46. The van der Waals surface area contributed by atoms with E-state index >= 15 is 0 Å². The Morgan fingerprint density at radius 2 is 2.12 bits per heavy atom. The Morgan fingerprint density at radius 1 is 1.31 bits per heavy atom. The number of rotatable bonds is 3. The van der Waals surface area contributed by atoms with Crippen molar-refractivity contribution in [3.05, 3.63) is 39.2 Å². The molecule has 0 N–H and O–H groups in total. The number of hydrogen-bond donors (Lipinski definition) is 0. The molecule has 0 aliphatic rings. The van der Waals surface area contributed by atoms with E-state index in [-0.39, 0.29) is 11.5 Å². The molecule has 6 heteroatoms.